The molecule has 0 aliphatic heterocycles. The molecule has 3 heteroatoms. The van der Waals surface area contributed by atoms with Gasteiger partial charge in [-0.05, 0) is 38.0 Å². The number of rotatable bonds is 5. The van der Waals surface area contributed by atoms with Gasteiger partial charge in [0.1, 0.15) is 5.82 Å². The van der Waals surface area contributed by atoms with Crippen molar-refractivity contribution in [3.05, 3.63) is 42.2 Å². The molecule has 0 amide bonds. The summed E-state index contributed by atoms with van der Waals surface area (Å²) in [4.78, 5) is 2.19. The van der Waals surface area contributed by atoms with E-state index < -0.39 is 6.10 Å². The molecule has 92 valence electrons. The standard InChI is InChI=1S/C14H18FNO/c1-3-8-16(12-5-6-12)14-7-4-11(15)9-13(14)10(2)17/h3-4,7,9-10,12,17H,1,5-6,8H2,2H3. The van der Waals surface area contributed by atoms with E-state index in [9.17, 15) is 9.50 Å². The number of hydrogen-bond acceptors (Lipinski definition) is 2. The molecule has 1 aromatic carbocycles. The Balaban J connectivity index is 2.37. The van der Waals surface area contributed by atoms with Gasteiger partial charge in [0.25, 0.3) is 0 Å². The zero-order valence-electron chi connectivity index (χ0n) is 10.1. The van der Waals surface area contributed by atoms with Gasteiger partial charge in [-0.2, -0.15) is 0 Å². The van der Waals surface area contributed by atoms with Gasteiger partial charge in [0.2, 0.25) is 0 Å². The fraction of sp³-hybridized carbons (Fsp3) is 0.429. The molecule has 0 aromatic heterocycles. The Bertz CT molecular complexity index is 413. The zero-order valence-corrected chi connectivity index (χ0v) is 10.1. The summed E-state index contributed by atoms with van der Waals surface area (Å²) < 4.78 is 13.2. The maximum atomic E-state index is 13.2. The second-order valence-corrected chi connectivity index (χ2v) is 4.55. The van der Waals surface area contributed by atoms with Gasteiger partial charge in [0, 0.05) is 23.8 Å². The molecule has 1 aliphatic carbocycles. The largest absolute Gasteiger partial charge is 0.389 e. The summed E-state index contributed by atoms with van der Waals surface area (Å²) in [5.74, 6) is -0.306. The third-order valence-electron chi connectivity index (χ3n) is 3.06. The highest BCUT2D eigenvalue weighted by atomic mass is 19.1. The van der Waals surface area contributed by atoms with Crippen molar-refractivity contribution < 1.29 is 9.50 Å². The molecule has 17 heavy (non-hydrogen) atoms. The first-order chi connectivity index (χ1) is 8.13. The Morgan fingerprint density at radius 1 is 1.59 bits per heavy atom. The van der Waals surface area contributed by atoms with Gasteiger partial charge in [-0.1, -0.05) is 6.08 Å². The van der Waals surface area contributed by atoms with Crippen molar-refractivity contribution in [1.29, 1.82) is 0 Å². The normalized spacial score (nSPS) is 16.6. The highest BCUT2D eigenvalue weighted by molar-refractivity contribution is 5.56. The van der Waals surface area contributed by atoms with Crippen LogP contribution in [0.3, 0.4) is 0 Å². The van der Waals surface area contributed by atoms with Crippen LogP contribution in [0.15, 0.2) is 30.9 Å². The van der Waals surface area contributed by atoms with Crippen LogP contribution >= 0.6 is 0 Å². The van der Waals surface area contributed by atoms with E-state index in [1.807, 2.05) is 6.08 Å². The van der Waals surface area contributed by atoms with Gasteiger partial charge in [-0.15, -0.1) is 6.58 Å². The van der Waals surface area contributed by atoms with Gasteiger partial charge in [-0.3, -0.25) is 0 Å². The lowest BCUT2D eigenvalue weighted by Crippen LogP contribution is -2.27. The van der Waals surface area contributed by atoms with E-state index in [0.29, 0.717) is 11.6 Å². The highest BCUT2D eigenvalue weighted by Crippen LogP contribution is 2.35. The SMILES string of the molecule is C=CCN(c1ccc(F)cc1C(C)O)C1CC1. The van der Waals surface area contributed by atoms with Gasteiger partial charge in [0.05, 0.1) is 6.10 Å². The van der Waals surface area contributed by atoms with Crippen LogP contribution in [-0.2, 0) is 0 Å². The topological polar surface area (TPSA) is 23.5 Å². The van der Waals surface area contributed by atoms with Crippen molar-refractivity contribution in [3.8, 4) is 0 Å². The van der Waals surface area contributed by atoms with Gasteiger partial charge < -0.3 is 10.0 Å². The molecule has 0 heterocycles. The van der Waals surface area contributed by atoms with E-state index >= 15 is 0 Å². The maximum absolute atomic E-state index is 13.2. The van der Waals surface area contributed by atoms with E-state index in [1.165, 1.54) is 12.1 Å². The Hall–Kier alpha value is -1.35. The fourth-order valence-corrected chi connectivity index (χ4v) is 2.09. The average molecular weight is 235 g/mol. The van der Waals surface area contributed by atoms with Crippen LogP contribution in [0.25, 0.3) is 0 Å². The lowest BCUT2D eigenvalue weighted by molar-refractivity contribution is 0.199. The molecule has 1 atom stereocenters. The molecule has 1 aromatic rings. The minimum Gasteiger partial charge on any atom is -0.389 e. The first kappa shape index (κ1) is 12.1. The summed E-state index contributed by atoms with van der Waals surface area (Å²) >= 11 is 0. The van der Waals surface area contributed by atoms with Crippen LogP contribution in [0.4, 0.5) is 10.1 Å². The summed E-state index contributed by atoms with van der Waals surface area (Å²) in [6.07, 6.45) is 3.49. The molecule has 0 saturated heterocycles. The zero-order chi connectivity index (χ0) is 12.4. The minimum atomic E-state index is -0.660. The smallest absolute Gasteiger partial charge is 0.123 e. The van der Waals surface area contributed by atoms with Crippen LogP contribution in [0, 0.1) is 5.82 Å². The molecule has 0 radical (unpaired) electrons. The fourth-order valence-electron chi connectivity index (χ4n) is 2.09. The number of aliphatic hydroxyl groups is 1. The van der Waals surface area contributed by atoms with E-state index in [-0.39, 0.29) is 5.82 Å². The quantitative estimate of drug-likeness (QED) is 0.793. The van der Waals surface area contributed by atoms with Crippen molar-refractivity contribution in [2.75, 3.05) is 11.4 Å². The van der Waals surface area contributed by atoms with Crippen molar-refractivity contribution >= 4 is 5.69 Å². The van der Waals surface area contributed by atoms with Crippen LogP contribution in [0.1, 0.15) is 31.4 Å². The second-order valence-electron chi connectivity index (χ2n) is 4.55. The first-order valence-electron chi connectivity index (χ1n) is 5.98. The summed E-state index contributed by atoms with van der Waals surface area (Å²) in [5, 5.41) is 9.73. The lowest BCUT2D eigenvalue weighted by Gasteiger charge is -2.26. The molecule has 1 saturated carbocycles. The number of benzene rings is 1. The molecule has 1 fully saturated rings. The van der Waals surface area contributed by atoms with Crippen molar-refractivity contribution in [1.82, 2.24) is 0 Å². The molecule has 1 unspecified atom stereocenters. The second kappa shape index (κ2) is 4.88. The van der Waals surface area contributed by atoms with Crippen LogP contribution in [0.5, 0.6) is 0 Å². The van der Waals surface area contributed by atoms with Gasteiger partial charge in [0.15, 0.2) is 0 Å². The average Bonchev–Trinajstić information content (AvgIpc) is 3.10. The number of hydrogen-bond donors (Lipinski definition) is 1. The summed E-state index contributed by atoms with van der Waals surface area (Å²) in [6, 6.07) is 5.12. The molecular weight excluding hydrogens is 217 g/mol. The first-order valence-corrected chi connectivity index (χ1v) is 5.98. The minimum absolute atomic E-state index is 0.306. The monoisotopic (exact) mass is 235 g/mol. The van der Waals surface area contributed by atoms with E-state index in [1.54, 1.807) is 13.0 Å². The molecule has 2 rings (SSSR count). The maximum Gasteiger partial charge on any atom is 0.123 e. The van der Waals surface area contributed by atoms with Crippen LogP contribution < -0.4 is 4.90 Å². The van der Waals surface area contributed by atoms with Crippen LogP contribution in [0.2, 0.25) is 0 Å². The summed E-state index contributed by atoms with van der Waals surface area (Å²) in [7, 11) is 0. The van der Waals surface area contributed by atoms with Crippen molar-refractivity contribution in [2.24, 2.45) is 0 Å². The van der Waals surface area contributed by atoms with Gasteiger partial charge in [-0.25, -0.2) is 4.39 Å². The predicted octanol–water partition coefficient (Wildman–Crippen LogP) is 3.03. The van der Waals surface area contributed by atoms with E-state index in [0.717, 1.165) is 25.1 Å². The highest BCUT2D eigenvalue weighted by Gasteiger charge is 2.30. The van der Waals surface area contributed by atoms with Crippen LogP contribution in [-0.4, -0.2) is 17.7 Å². The summed E-state index contributed by atoms with van der Waals surface area (Å²) in [5.41, 5.74) is 1.57. The molecule has 2 nitrogen and oxygen atoms in total. The molecule has 0 bridgehead atoms. The third-order valence-corrected chi connectivity index (χ3v) is 3.06. The molecule has 1 aliphatic rings. The number of nitrogens with zero attached hydrogens (tertiary/aromatic N) is 1. The van der Waals surface area contributed by atoms with E-state index in [4.69, 9.17) is 0 Å². The molecular formula is C14H18FNO. The van der Waals surface area contributed by atoms with E-state index in [2.05, 4.69) is 11.5 Å². The van der Waals surface area contributed by atoms with Gasteiger partial charge >= 0.3 is 0 Å². The Morgan fingerprint density at radius 2 is 2.29 bits per heavy atom. The molecule has 0 spiro atoms. The Labute approximate surface area is 101 Å². The number of anilines is 1. The summed E-state index contributed by atoms with van der Waals surface area (Å²) in [6.45, 7) is 6.15. The Kier molecular flexibility index (Phi) is 3.48. The predicted molar refractivity (Wildman–Crippen MR) is 67.6 cm³/mol. The number of halogens is 1. The number of aliphatic hydroxyl groups excluding tert-OH is 1. The third kappa shape index (κ3) is 2.67. The molecule has 1 N–H and O–H groups in total. The van der Waals surface area contributed by atoms with Crippen molar-refractivity contribution in [2.45, 2.75) is 31.9 Å². The van der Waals surface area contributed by atoms with Crippen molar-refractivity contribution in [3.63, 3.8) is 0 Å². The Morgan fingerprint density at radius 3 is 2.82 bits per heavy atom. The lowest BCUT2D eigenvalue weighted by atomic mass is 10.1.